The van der Waals surface area contributed by atoms with Crippen molar-refractivity contribution >= 4 is 5.91 Å². The fourth-order valence-electron chi connectivity index (χ4n) is 1.03. The minimum absolute atomic E-state index is 0.0634. The molecule has 1 atom stereocenters. The van der Waals surface area contributed by atoms with Gasteiger partial charge < -0.3 is 15.4 Å². The van der Waals surface area contributed by atoms with Gasteiger partial charge in [0.2, 0.25) is 0 Å². The summed E-state index contributed by atoms with van der Waals surface area (Å²) >= 11 is 0. The van der Waals surface area contributed by atoms with Crippen LogP contribution in [-0.2, 0) is 0 Å². The average molecular weight is 227 g/mol. The Balaban J connectivity index is 2.74. The van der Waals surface area contributed by atoms with Crippen LogP contribution in [0.4, 0.5) is 0 Å². The van der Waals surface area contributed by atoms with Crippen molar-refractivity contribution < 1.29 is 9.90 Å². The molecular formula is C9H13N3O4. The van der Waals surface area contributed by atoms with Gasteiger partial charge in [0, 0.05) is 12.7 Å². The molecule has 16 heavy (non-hydrogen) atoms. The van der Waals surface area contributed by atoms with Gasteiger partial charge in [0.15, 0.2) is 0 Å². The molecule has 0 bridgehead atoms. The van der Waals surface area contributed by atoms with E-state index in [9.17, 15) is 19.5 Å². The quantitative estimate of drug-likeness (QED) is 0.504. The summed E-state index contributed by atoms with van der Waals surface area (Å²) in [7, 11) is 0. The number of nitrogens with one attached hydrogen (secondary N) is 3. The van der Waals surface area contributed by atoms with Gasteiger partial charge in [-0.3, -0.25) is 14.6 Å². The minimum Gasteiger partial charge on any atom is -0.391 e. The molecule has 7 heteroatoms. The monoisotopic (exact) mass is 227 g/mol. The first kappa shape index (κ1) is 12.2. The van der Waals surface area contributed by atoms with Crippen molar-refractivity contribution in [2.45, 2.75) is 19.4 Å². The minimum atomic E-state index is -0.757. The van der Waals surface area contributed by atoms with E-state index in [4.69, 9.17) is 0 Å². The second-order valence-electron chi connectivity index (χ2n) is 3.26. The highest BCUT2D eigenvalue weighted by Gasteiger charge is 2.11. The third-order valence-corrected chi connectivity index (χ3v) is 2.03. The first-order valence-electron chi connectivity index (χ1n) is 4.83. The fourth-order valence-corrected chi connectivity index (χ4v) is 1.03. The highest BCUT2D eigenvalue weighted by Crippen LogP contribution is 1.89. The van der Waals surface area contributed by atoms with E-state index in [-0.39, 0.29) is 12.1 Å². The number of hydrogen-bond donors (Lipinski definition) is 4. The van der Waals surface area contributed by atoms with Crippen LogP contribution in [0.15, 0.2) is 15.8 Å². The lowest BCUT2D eigenvalue weighted by molar-refractivity contribution is 0.0912. The second kappa shape index (κ2) is 5.26. The van der Waals surface area contributed by atoms with Crippen LogP contribution in [0.25, 0.3) is 0 Å². The van der Waals surface area contributed by atoms with Crippen molar-refractivity contribution in [3.63, 3.8) is 0 Å². The topological polar surface area (TPSA) is 115 Å². The molecule has 0 saturated carbocycles. The molecule has 1 heterocycles. The van der Waals surface area contributed by atoms with Crippen LogP contribution in [0.1, 0.15) is 23.7 Å². The number of carbonyl (C=O) groups excluding carboxylic acids is 1. The van der Waals surface area contributed by atoms with Crippen LogP contribution in [0.2, 0.25) is 0 Å². The summed E-state index contributed by atoms with van der Waals surface area (Å²) in [5.74, 6) is -0.634. The number of rotatable bonds is 4. The molecule has 4 N–H and O–H groups in total. The number of aromatic amines is 2. The molecule has 7 nitrogen and oxygen atoms in total. The van der Waals surface area contributed by atoms with Gasteiger partial charge in [0.25, 0.3) is 11.5 Å². The third kappa shape index (κ3) is 3.06. The molecule has 0 aliphatic carbocycles. The van der Waals surface area contributed by atoms with Gasteiger partial charge in [-0.05, 0) is 6.42 Å². The molecule has 1 amide bonds. The molecule has 1 aromatic rings. The first-order valence-corrected chi connectivity index (χ1v) is 4.83. The largest absolute Gasteiger partial charge is 0.391 e. The van der Waals surface area contributed by atoms with Crippen LogP contribution in [0, 0.1) is 0 Å². The van der Waals surface area contributed by atoms with Gasteiger partial charge in [-0.2, -0.15) is 0 Å². The van der Waals surface area contributed by atoms with Crippen molar-refractivity contribution in [3.05, 3.63) is 32.6 Å². The Bertz CT molecular complexity index is 476. The zero-order chi connectivity index (χ0) is 12.1. The first-order chi connectivity index (χ1) is 7.54. The Morgan fingerprint density at radius 3 is 2.81 bits per heavy atom. The Hall–Kier alpha value is -1.89. The molecule has 0 aliphatic rings. The summed E-state index contributed by atoms with van der Waals surface area (Å²) in [4.78, 5) is 37.4. The molecule has 88 valence electrons. The third-order valence-electron chi connectivity index (χ3n) is 2.03. The number of amides is 1. The maximum Gasteiger partial charge on any atom is 0.325 e. The molecule has 0 spiro atoms. The van der Waals surface area contributed by atoms with Crippen LogP contribution in [-0.4, -0.2) is 33.6 Å². The standard InChI is InChI=1S/C9H13N3O4/c1-2-5(13)3-10-7(14)6-4-11-9(16)12-8(6)15/h4-5,13H,2-3H2,1H3,(H,10,14)(H2,11,12,15,16). The van der Waals surface area contributed by atoms with Crippen molar-refractivity contribution in [3.8, 4) is 0 Å². The average Bonchev–Trinajstić information content (AvgIpc) is 2.25. The van der Waals surface area contributed by atoms with E-state index in [0.717, 1.165) is 6.20 Å². The number of aromatic nitrogens is 2. The SMILES string of the molecule is CCC(O)CNC(=O)c1c[nH]c(=O)[nH]c1=O. The van der Waals surface area contributed by atoms with Gasteiger partial charge in [-0.15, -0.1) is 0 Å². The molecule has 0 radical (unpaired) electrons. The zero-order valence-electron chi connectivity index (χ0n) is 8.74. The highest BCUT2D eigenvalue weighted by atomic mass is 16.3. The predicted molar refractivity (Wildman–Crippen MR) is 56.3 cm³/mol. The van der Waals surface area contributed by atoms with Crippen LogP contribution < -0.4 is 16.6 Å². The van der Waals surface area contributed by atoms with Gasteiger partial charge in [0.05, 0.1) is 6.10 Å². The highest BCUT2D eigenvalue weighted by molar-refractivity contribution is 5.93. The number of aliphatic hydroxyl groups excluding tert-OH is 1. The van der Waals surface area contributed by atoms with E-state index < -0.39 is 23.3 Å². The molecule has 1 aromatic heterocycles. The van der Waals surface area contributed by atoms with Crippen LogP contribution >= 0.6 is 0 Å². The fraction of sp³-hybridized carbons (Fsp3) is 0.444. The van der Waals surface area contributed by atoms with Crippen molar-refractivity contribution in [1.82, 2.24) is 15.3 Å². The van der Waals surface area contributed by atoms with Gasteiger partial charge in [0.1, 0.15) is 5.56 Å². The van der Waals surface area contributed by atoms with Gasteiger partial charge in [-0.25, -0.2) is 4.79 Å². The van der Waals surface area contributed by atoms with Gasteiger partial charge in [-0.1, -0.05) is 6.92 Å². The smallest absolute Gasteiger partial charge is 0.325 e. The predicted octanol–water partition coefficient (Wildman–Crippen LogP) is -1.44. The number of hydrogen-bond acceptors (Lipinski definition) is 4. The molecule has 1 unspecified atom stereocenters. The summed E-state index contributed by atoms with van der Waals surface area (Å²) in [6.45, 7) is 1.83. The lowest BCUT2D eigenvalue weighted by Crippen LogP contribution is -2.36. The number of H-pyrrole nitrogens is 2. The van der Waals surface area contributed by atoms with E-state index in [0.29, 0.717) is 6.42 Å². The number of carbonyl (C=O) groups is 1. The molecule has 0 saturated heterocycles. The van der Waals surface area contributed by atoms with E-state index in [1.54, 1.807) is 6.92 Å². The maximum atomic E-state index is 11.4. The molecule has 0 fully saturated rings. The summed E-state index contributed by atoms with van der Waals surface area (Å²) in [5.41, 5.74) is -1.62. The van der Waals surface area contributed by atoms with Crippen molar-refractivity contribution in [1.29, 1.82) is 0 Å². The van der Waals surface area contributed by atoms with E-state index >= 15 is 0 Å². The van der Waals surface area contributed by atoms with E-state index in [1.165, 1.54) is 0 Å². The summed E-state index contributed by atoms with van der Waals surface area (Å²) in [5, 5.41) is 11.6. The second-order valence-corrected chi connectivity index (χ2v) is 3.26. The van der Waals surface area contributed by atoms with Crippen LogP contribution in [0.3, 0.4) is 0 Å². The Kier molecular flexibility index (Phi) is 4.01. The Labute approximate surface area is 90.5 Å². The molecule has 0 aromatic carbocycles. The van der Waals surface area contributed by atoms with Crippen LogP contribution in [0.5, 0.6) is 0 Å². The lowest BCUT2D eigenvalue weighted by atomic mass is 10.2. The van der Waals surface area contributed by atoms with Crippen molar-refractivity contribution in [2.24, 2.45) is 0 Å². The van der Waals surface area contributed by atoms with Gasteiger partial charge >= 0.3 is 5.69 Å². The summed E-state index contributed by atoms with van der Waals surface area (Å²) in [6, 6.07) is 0. The normalized spacial score (nSPS) is 12.1. The Morgan fingerprint density at radius 2 is 2.25 bits per heavy atom. The zero-order valence-corrected chi connectivity index (χ0v) is 8.74. The van der Waals surface area contributed by atoms with Crippen molar-refractivity contribution in [2.75, 3.05) is 6.54 Å². The molecular weight excluding hydrogens is 214 g/mol. The van der Waals surface area contributed by atoms with E-state index in [2.05, 4.69) is 10.3 Å². The molecule has 1 rings (SSSR count). The maximum absolute atomic E-state index is 11.4. The summed E-state index contributed by atoms with van der Waals surface area (Å²) < 4.78 is 0. The van der Waals surface area contributed by atoms with E-state index in [1.807, 2.05) is 4.98 Å². The lowest BCUT2D eigenvalue weighted by Gasteiger charge is -2.08. The molecule has 0 aliphatic heterocycles. The number of aliphatic hydroxyl groups is 1. The summed E-state index contributed by atoms with van der Waals surface area (Å²) in [6.07, 6.45) is 0.891. The Morgan fingerprint density at radius 1 is 1.56 bits per heavy atom.